The molecule has 2 aromatic rings. The van der Waals surface area contributed by atoms with Gasteiger partial charge in [-0.1, -0.05) is 38.1 Å². The van der Waals surface area contributed by atoms with Gasteiger partial charge in [-0.2, -0.15) is 0 Å². The fraction of sp³-hybridized carbons (Fsp3) is 0.500. The SMILES string of the molecule is CC(C)(COC(C)(C)C1CO1)Oc1ccc(C(C)(C)c2ccc(O)cc2)cc1. The summed E-state index contributed by atoms with van der Waals surface area (Å²) in [5.74, 6) is 1.10. The van der Waals surface area contributed by atoms with E-state index in [2.05, 4.69) is 39.8 Å². The molecule has 0 spiro atoms. The Kier molecular flexibility index (Phi) is 5.48. The van der Waals surface area contributed by atoms with Crippen molar-refractivity contribution in [2.45, 2.75) is 64.3 Å². The van der Waals surface area contributed by atoms with Crippen molar-refractivity contribution in [2.24, 2.45) is 0 Å². The molecule has 0 saturated carbocycles. The molecule has 1 saturated heterocycles. The summed E-state index contributed by atoms with van der Waals surface area (Å²) in [6.45, 7) is 13.8. The van der Waals surface area contributed by atoms with Gasteiger partial charge in [0.15, 0.2) is 0 Å². The number of phenols is 1. The second-order valence-corrected chi connectivity index (χ2v) is 9.27. The predicted octanol–water partition coefficient (Wildman–Crippen LogP) is 5.07. The zero-order valence-electron chi connectivity index (χ0n) is 17.8. The minimum Gasteiger partial charge on any atom is -0.508 e. The van der Waals surface area contributed by atoms with Crippen molar-refractivity contribution >= 4 is 0 Å². The highest BCUT2D eigenvalue weighted by Crippen LogP contribution is 2.34. The van der Waals surface area contributed by atoms with Gasteiger partial charge in [-0.15, -0.1) is 0 Å². The summed E-state index contributed by atoms with van der Waals surface area (Å²) in [4.78, 5) is 0. The molecule has 0 bridgehead atoms. The zero-order chi connectivity index (χ0) is 20.6. The predicted molar refractivity (Wildman–Crippen MR) is 111 cm³/mol. The van der Waals surface area contributed by atoms with Gasteiger partial charge in [-0.05, 0) is 63.1 Å². The van der Waals surface area contributed by atoms with Crippen molar-refractivity contribution < 1.29 is 19.3 Å². The number of phenolic OH excluding ortho intramolecular Hbond substituents is 1. The number of aromatic hydroxyl groups is 1. The van der Waals surface area contributed by atoms with Crippen LogP contribution in [-0.4, -0.2) is 35.6 Å². The first-order valence-corrected chi connectivity index (χ1v) is 9.84. The van der Waals surface area contributed by atoms with Crippen LogP contribution >= 0.6 is 0 Å². The van der Waals surface area contributed by atoms with Crippen LogP contribution in [0.3, 0.4) is 0 Å². The van der Waals surface area contributed by atoms with Crippen LogP contribution < -0.4 is 4.74 Å². The van der Waals surface area contributed by atoms with E-state index < -0.39 is 5.60 Å². The van der Waals surface area contributed by atoms with Crippen molar-refractivity contribution in [1.82, 2.24) is 0 Å². The van der Waals surface area contributed by atoms with Crippen molar-refractivity contribution in [3.8, 4) is 11.5 Å². The van der Waals surface area contributed by atoms with Crippen molar-refractivity contribution in [3.63, 3.8) is 0 Å². The number of rotatable bonds is 8. The lowest BCUT2D eigenvalue weighted by molar-refractivity contribution is -0.0915. The molecule has 1 unspecified atom stereocenters. The van der Waals surface area contributed by atoms with Crippen LogP contribution in [0.4, 0.5) is 0 Å². The third kappa shape index (κ3) is 4.86. The largest absolute Gasteiger partial charge is 0.508 e. The third-order valence-corrected chi connectivity index (χ3v) is 5.46. The Balaban J connectivity index is 1.65. The Morgan fingerprint density at radius 3 is 1.89 bits per heavy atom. The van der Waals surface area contributed by atoms with E-state index in [-0.39, 0.29) is 22.9 Å². The van der Waals surface area contributed by atoms with Crippen LogP contribution in [0.15, 0.2) is 48.5 Å². The Labute approximate surface area is 168 Å². The monoisotopic (exact) mass is 384 g/mol. The Morgan fingerprint density at radius 2 is 1.39 bits per heavy atom. The summed E-state index contributed by atoms with van der Waals surface area (Å²) in [5.41, 5.74) is 1.43. The van der Waals surface area contributed by atoms with Gasteiger partial charge in [-0.25, -0.2) is 0 Å². The van der Waals surface area contributed by atoms with Crippen molar-refractivity contribution in [2.75, 3.05) is 13.2 Å². The lowest BCUT2D eigenvalue weighted by Gasteiger charge is -2.32. The third-order valence-electron chi connectivity index (χ3n) is 5.46. The van der Waals surface area contributed by atoms with Crippen LogP contribution in [0.2, 0.25) is 0 Å². The molecule has 28 heavy (non-hydrogen) atoms. The molecule has 1 aliphatic heterocycles. The Morgan fingerprint density at radius 1 is 0.893 bits per heavy atom. The Hall–Kier alpha value is -2.04. The highest BCUT2D eigenvalue weighted by Gasteiger charge is 2.41. The molecule has 0 radical (unpaired) electrons. The average molecular weight is 385 g/mol. The quantitative estimate of drug-likeness (QED) is 0.646. The van der Waals surface area contributed by atoms with Gasteiger partial charge in [-0.3, -0.25) is 0 Å². The maximum Gasteiger partial charge on any atom is 0.127 e. The number of hydrogen-bond donors (Lipinski definition) is 1. The fourth-order valence-corrected chi connectivity index (χ4v) is 3.24. The molecule has 3 rings (SSSR count). The molecule has 1 heterocycles. The molecular weight excluding hydrogens is 352 g/mol. The van der Waals surface area contributed by atoms with E-state index in [1.807, 2.05) is 38.1 Å². The van der Waals surface area contributed by atoms with Crippen LogP contribution in [0.1, 0.15) is 52.7 Å². The molecule has 0 amide bonds. The standard InChI is InChI=1S/C24H32O4/c1-22(2,16-27-24(5,6)21-15-26-21)28-20-13-9-18(10-14-20)23(3,4)17-7-11-19(25)12-8-17/h7-14,21,25H,15-16H2,1-6H3. The number of benzene rings is 2. The number of epoxide rings is 1. The molecule has 0 aromatic heterocycles. The lowest BCUT2D eigenvalue weighted by atomic mass is 9.78. The van der Waals surface area contributed by atoms with Gasteiger partial charge in [0.05, 0.1) is 18.8 Å². The molecule has 1 aliphatic rings. The first-order valence-electron chi connectivity index (χ1n) is 9.84. The van der Waals surface area contributed by atoms with Gasteiger partial charge >= 0.3 is 0 Å². The normalized spacial score (nSPS) is 17.4. The molecule has 4 nitrogen and oxygen atoms in total. The summed E-state index contributed by atoms with van der Waals surface area (Å²) in [6, 6.07) is 15.6. The zero-order valence-corrected chi connectivity index (χ0v) is 17.8. The van der Waals surface area contributed by atoms with Crippen LogP contribution in [-0.2, 0) is 14.9 Å². The van der Waals surface area contributed by atoms with Gasteiger partial charge in [0.1, 0.15) is 23.2 Å². The second kappa shape index (κ2) is 7.41. The summed E-state index contributed by atoms with van der Waals surface area (Å²) in [5, 5.41) is 9.53. The second-order valence-electron chi connectivity index (χ2n) is 9.27. The minimum atomic E-state index is -0.444. The maximum absolute atomic E-state index is 9.53. The average Bonchev–Trinajstić information content (AvgIpc) is 3.47. The van der Waals surface area contributed by atoms with E-state index in [4.69, 9.17) is 14.2 Å². The molecule has 2 aromatic carbocycles. The summed E-state index contributed by atoms with van der Waals surface area (Å²) >= 11 is 0. The number of ether oxygens (including phenoxy) is 3. The smallest absolute Gasteiger partial charge is 0.127 e. The minimum absolute atomic E-state index is 0.168. The topological polar surface area (TPSA) is 51.2 Å². The first kappa shape index (κ1) is 20.7. The molecule has 1 fully saturated rings. The van der Waals surface area contributed by atoms with Gasteiger partial charge in [0, 0.05) is 5.41 Å². The lowest BCUT2D eigenvalue weighted by Crippen LogP contribution is -2.41. The van der Waals surface area contributed by atoms with Gasteiger partial charge in [0.2, 0.25) is 0 Å². The fourth-order valence-electron chi connectivity index (χ4n) is 3.24. The Bertz CT molecular complexity index is 784. The van der Waals surface area contributed by atoms with Crippen molar-refractivity contribution in [3.05, 3.63) is 59.7 Å². The molecule has 152 valence electrons. The van der Waals surface area contributed by atoms with E-state index in [0.29, 0.717) is 6.61 Å². The van der Waals surface area contributed by atoms with Crippen LogP contribution in [0.5, 0.6) is 11.5 Å². The van der Waals surface area contributed by atoms with E-state index in [0.717, 1.165) is 17.9 Å². The van der Waals surface area contributed by atoms with E-state index in [1.165, 1.54) is 5.56 Å². The first-order chi connectivity index (χ1) is 13.0. The molecule has 1 N–H and O–H groups in total. The summed E-state index contributed by atoms with van der Waals surface area (Å²) in [7, 11) is 0. The summed E-state index contributed by atoms with van der Waals surface area (Å²) < 4.78 is 17.6. The van der Waals surface area contributed by atoms with Gasteiger partial charge < -0.3 is 19.3 Å². The maximum atomic E-state index is 9.53. The summed E-state index contributed by atoms with van der Waals surface area (Å²) in [6.07, 6.45) is 0.185. The van der Waals surface area contributed by atoms with Gasteiger partial charge in [0.25, 0.3) is 0 Å². The van der Waals surface area contributed by atoms with Crippen molar-refractivity contribution in [1.29, 1.82) is 0 Å². The molecule has 0 aliphatic carbocycles. The molecule has 1 atom stereocenters. The van der Waals surface area contributed by atoms with Crippen LogP contribution in [0, 0.1) is 0 Å². The highest BCUT2D eigenvalue weighted by molar-refractivity contribution is 5.41. The van der Waals surface area contributed by atoms with E-state index in [9.17, 15) is 5.11 Å². The highest BCUT2D eigenvalue weighted by atomic mass is 16.6. The van der Waals surface area contributed by atoms with E-state index >= 15 is 0 Å². The van der Waals surface area contributed by atoms with Crippen LogP contribution in [0.25, 0.3) is 0 Å². The van der Waals surface area contributed by atoms with E-state index in [1.54, 1.807) is 12.1 Å². The number of hydrogen-bond acceptors (Lipinski definition) is 4. The molecule has 4 heteroatoms. The molecular formula is C24H32O4.